The van der Waals surface area contributed by atoms with E-state index in [-0.39, 0.29) is 11.7 Å². The van der Waals surface area contributed by atoms with Gasteiger partial charge in [0.1, 0.15) is 5.82 Å². The molecule has 3 rings (SSSR count). The lowest BCUT2D eigenvalue weighted by molar-refractivity contribution is 0.102. The molecule has 1 N–H and O–H groups in total. The van der Waals surface area contributed by atoms with Crippen molar-refractivity contribution in [1.82, 2.24) is 4.98 Å². The van der Waals surface area contributed by atoms with Gasteiger partial charge in [-0.3, -0.25) is 9.78 Å². The molecule has 0 spiro atoms. The summed E-state index contributed by atoms with van der Waals surface area (Å²) in [5, 5.41) is 2.79. The third-order valence-corrected chi connectivity index (χ3v) is 3.63. The van der Waals surface area contributed by atoms with Crippen LogP contribution < -0.4 is 5.32 Å². The van der Waals surface area contributed by atoms with Crippen LogP contribution in [0.15, 0.2) is 60.8 Å². The number of aryl methyl sites for hydroxylation is 1. The van der Waals surface area contributed by atoms with Gasteiger partial charge in [-0.2, -0.15) is 0 Å². The Morgan fingerprint density at radius 2 is 1.96 bits per heavy atom. The first-order chi connectivity index (χ1) is 11.5. The van der Waals surface area contributed by atoms with Gasteiger partial charge >= 0.3 is 0 Å². The minimum atomic E-state index is -0.299. The standard InChI is InChI=1S/C20H15FN2O/c1-13-4-3-5-17(10-13)23-20(24)15-8-9-22-19(12-15)18-7-6-16(21)11-14(18)2/h1,3-12H,2H3,(H,23,24). The van der Waals surface area contributed by atoms with Gasteiger partial charge in [0.15, 0.2) is 0 Å². The average Bonchev–Trinajstić information content (AvgIpc) is 2.55. The summed E-state index contributed by atoms with van der Waals surface area (Å²) in [5.41, 5.74) is 3.83. The maximum absolute atomic E-state index is 13.3. The second-order valence-corrected chi connectivity index (χ2v) is 5.47. The normalized spacial score (nSPS) is 10.5. The first kappa shape index (κ1) is 15.9. The van der Waals surface area contributed by atoms with E-state index in [0.29, 0.717) is 22.5 Å². The minimum Gasteiger partial charge on any atom is -0.322 e. The summed E-state index contributed by atoms with van der Waals surface area (Å²) in [6, 6.07) is 14.8. The van der Waals surface area contributed by atoms with Gasteiger partial charge in [-0.25, -0.2) is 4.39 Å². The molecule has 0 aliphatic heterocycles. The Bertz CT molecular complexity index is 906. The van der Waals surface area contributed by atoms with E-state index in [2.05, 4.69) is 10.3 Å². The number of hydrogen-bond donors (Lipinski definition) is 1. The number of rotatable bonds is 3. The quantitative estimate of drug-likeness (QED) is 0.772. The van der Waals surface area contributed by atoms with Gasteiger partial charge in [-0.1, -0.05) is 12.1 Å². The fraction of sp³-hybridized carbons (Fsp3) is 0.0500. The first-order valence-electron chi connectivity index (χ1n) is 7.42. The van der Waals surface area contributed by atoms with E-state index in [9.17, 15) is 9.18 Å². The van der Waals surface area contributed by atoms with Crippen molar-refractivity contribution < 1.29 is 9.18 Å². The molecule has 24 heavy (non-hydrogen) atoms. The number of amides is 1. The number of carbonyl (C=O) groups excluding carboxylic acids is 1. The molecule has 1 aromatic heterocycles. The highest BCUT2D eigenvalue weighted by atomic mass is 19.1. The zero-order chi connectivity index (χ0) is 17.1. The van der Waals surface area contributed by atoms with Crippen LogP contribution in [0.5, 0.6) is 0 Å². The van der Waals surface area contributed by atoms with E-state index in [4.69, 9.17) is 6.92 Å². The lowest BCUT2D eigenvalue weighted by atomic mass is 10.0. The summed E-state index contributed by atoms with van der Waals surface area (Å²) in [7, 11) is 0. The molecule has 0 fully saturated rings. The molecule has 0 aliphatic rings. The van der Waals surface area contributed by atoms with Gasteiger partial charge in [0, 0.05) is 23.0 Å². The molecule has 4 heteroatoms. The second kappa shape index (κ2) is 6.62. The van der Waals surface area contributed by atoms with E-state index in [1.54, 1.807) is 55.6 Å². The fourth-order valence-corrected chi connectivity index (χ4v) is 2.45. The highest BCUT2D eigenvalue weighted by molar-refractivity contribution is 6.04. The van der Waals surface area contributed by atoms with Crippen LogP contribution in [-0.2, 0) is 0 Å². The van der Waals surface area contributed by atoms with Crippen molar-refractivity contribution >= 4 is 11.6 Å². The molecular formula is C20H15FN2O. The summed E-state index contributed by atoms with van der Waals surface area (Å²) in [5.74, 6) is -0.559. The van der Waals surface area contributed by atoms with Crippen LogP contribution >= 0.6 is 0 Å². The molecule has 0 atom stereocenters. The first-order valence-corrected chi connectivity index (χ1v) is 7.42. The van der Waals surface area contributed by atoms with E-state index < -0.39 is 0 Å². The predicted octanol–water partition coefficient (Wildman–Crippen LogP) is 4.51. The van der Waals surface area contributed by atoms with Crippen LogP contribution in [-0.4, -0.2) is 10.9 Å². The number of hydrogen-bond acceptors (Lipinski definition) is 2. The maximum Gasteiger partial charge on any atom is 0.255 e. The zero-order valence-corrected chi connectivity index (χ0v) is 13.1. The molecule has 0 saturated heterocycles. The topological polar surface area (TPSA) is 42.0 Å². The molecule has 0 aliphatic carbocycles. The van der Waals surface area contributed by atoms with Crippen LogP contribution in [0.3, 0.4) is 0 Å². The van der Waals surface area contributed by atoms with Gasteiger partial charge in [-0.15, -0.1) is 0 Å². The Kier molecular flexibility index (Phi) is 4.38. The molecule has 1 amide bonds. The largest absolute Gasteiger partial charge is 0.322 e. The molecule has 3 nitrogen and oxygen atoms in total. The Hall–Kier alpha value is -3.01. The van der Waals surface area contributed by atoms with Crippen LogP contribution in [0, 0.1) is 19.7 Å². The number of nitrogens with one attached hydrogen (secondary N) is 1. The maximum atomic E-state index is 13.3. The van der Waals surface area contributed by atoms with Crippen molar-refractivity contribution in [3.8, 4) is 11.3 Å². The van der Waals surface area contributed by atoms with Crippen LogP contribution in [0.2, 0.25) is 0 Å². The molecule has 1 heterocycles. The number of benzene rings is 2. The van der Waals surface area contributed by atoms with Crippen LogP contribution in [0.25, 0.3) is 11.3 Å². The van der Waals surface area contributed by atoms with Gasteiger partial charge in [0.25, 0.3) is 5.91 Å². The van der Waals surface area contributed by atoms with Crippen molar-refractivity contribution in [2.75, 3.05) is 5.32 Å². The van der Waals surface area contributed by atoms with Crippen LogP contribution in [0.4, 0.5) is 10.1 Å². The number of anilines is 1. The predicted molar refractivity (Wildman–Crippen MR) is 92.2 cm³/mol. The van der Waals surface area contributed by atoms with E-state index >= 15 is 0 Å². The zero-order valence-electron chi connectivity index (χ0n) is 13.1. The number of carbonyl (C=O) groups is 1. The van der Waals surface area contributed by atoms with Crippen molar-refractivity contribution in [3.05, 3.63) is 90.2 Å². The third-order valence-electron chi connectivity index (χ3n) is 3.63. The van der Waals surface area contributed by atoms with E-state index in [1.807, 2.05) is 0 Å². The summed E-state index contributed by atoms with van der Waals surface area (Å²) in [6.07, 6.45) is 1.56. The number of nitrogens with zero attached hydrogens (tertiary/aromatic N) is 1. The fourth-order valence-electron chi connectivity index (χ4n) is 2.45. The average molecular weight is 318 g/mol. The number of halogens is 1. The SMILES string of the molecule is [CH]c1cccc(NC(=O)c2ccnc(-c3ccc(F)cc3C)c2)c1. The number of pyridine rings is 1. The smallest absolute Gasteiger partial charge is 0.255 e. The van der Waals surface area contributed by atoms with Crippen molar-refractivity contribution in [1.29, 1.82) is 0 Å². The van der Waals surface area contributed by atoms with Gasteiger partial charge in [0.05, 0.1) is 5.69 Å². The van der Waals surface area contributed by atoms with Gasteiger partial charge in [-0.05, 0) is 67.4 Å². The summed E-state index contributed by atoms with van der Waals surface area (Å²) < 4.78 is 13.3. The number of aromatic nitrogens is 1. The summed E-state index contributed by atoms with van der Waals surface area (Å²) in [4.78, 5) is 16.7. The van der Waals surface area contributed by atoms with E-state index in [0.717, 1.165) is 11.1 Å². The molecule has 118 valence electrons. The highest BCUT2D eigenvalue weighted by Gasteiger charge is 2.10. The Morgan fingerprint density at radius 3 is 2.71 bits per heavy atom. The third kappa shape index (κ3) is 3.49. The molecule has 2 aromatic carbocycles. The molecular weight excluding hydrogens is 303 g/mol. The molecule has 3 aromatic rings. The van der Waals surface area contributed by atoms with Gasteiger partial charge < -0.3 is 5.32 Å². The summed E-state index contributed by atoms with van der Waals surface area (Å²) in [6.45, 7) is 7.52. The second-order valence-electron chi connectivity index (χ2n) is 5.47. The Labute approximate surface area is 140 Å². The minimum absolute atomic E-state index is 0.260. The molecule has 2 radical (unpaired) electrons. The van der Waals surface area contributed by atoms with Crippen molar-refractivity contribution in [2.24, 2.45) is 0 Å². The highest BCUT2D eigenvalue weighted by Crippen LogP contribution is 2.23. The Balaban J connectivity index is 1.88. The van der Waals surface area contributed by atoms with E-state index in [1.165, 1.54) is 12.1 Å². The van der Waals surface area contributed by atoms with Crippen LogP contribution in [0.1, 0.15) is 21.5 Å². The Morgan fingerprint density at radius 1 is 1.12 bits per heavy atom. The monoisotopic (exact) mass is 318 g/mol. The van der Waals surface area contributed by atoms with Crippen molar-refractivity contribution in [2.45, 2.75) is 6.92 Å². The molecule has 0 unspecified atom stereocenters. The molecule has 0 saturated carbocycles. The van der Waals surface area contributed by atoms with Crippen molar-refractivity contribution in [3.63, 3.8) is 0 Å². The summed E-state index contributed by atoms with van der Waals surface area (Å²) >= 11 is 0. The van der Waals surface area contributed by atoms with Gasteiger partial charge in [0.2, 0.25) is 0 Å². The lowest BCUT2D eigenvalue weighted by Crippen LogP contribution is -2.12. The lowest BCUT2D eigenvalue weighted by Gasteiger charge is -2.09. The molecule has 0 bridgehead atoms.